The molecule has 2 aromatic heterocycles. The molecule has 1 N–H and O–H groups in total. The molecule has 0 bridgehead atoms. The van der Waals surface area contributed by atoms with E-state index in [0.29, 0.717) is 10.8 Å². The molecule has 0 saturated carbocycles. The van der Waals surface area contributed by atoms with Gasteiger partial charge in [0.25, 0.3) is 0 Å². The van der Waals surface area contributed by atoms with Crippen LogP contribution in [0.15, 0.2) is 54.2 Å². The molecule has 0 aliphatic rings. The lowest BCUT2D eigenvalue weighted by Gasteiger charge is -1.98. The average molecular weight is 338 g/mol. The van der Waals surface area contributed by atoms with Crippen molar-refractivity contribution in [3.8, 4) is 5.69 Å². The van der Waals surface area contributed by atoms with Crippen LogP contribution in [-0.4, -0.2) is 26.5 Å². The van der Waals surface area contributed by atoms with Crippen LogP contribution < -0.4 is 5.32 Å². The summed E-state index contributed by atoms with van der Waals surface area (Å²) in [5.41, 5.74) is 2.10. The van der Waals surface area contributed by atoms with Gasteiger partial charge in [0, 0.05) is 30.1 Å². The molecular formula is C17H14N4O2S. The monoisotopic (exact) mass is 338 g/mol. The first kappa shape index (κ1) is 15.8. The lowest BCUT2D eigenvalue weighted by molar-refractivity contribution is -0.111. The van der Waals surface area contributed by atoms with Crippen LogP contribution in [0.5, 0.6) is 0 Å². The Balaban J connectivity index is 1.64. The lowest BCUT2D eigenvalue weighted by Crippen LogP contribution is -2.07. The van der Waals surface area contributed by atoms with Crippen LogP contribution in [0.4, 0.5) is 5.13 Å². The van der Waals surface area contributed by atoms with Gasteiger partial charge in [-0.1, -0.05) is 18.2 Å². The number of hydrogen-bond donors (Lipinski definition) is 1. The predicted molar refractivity (Wildman–Crippen MR) is 93.3 cm³/mol. The maximum absolute atomic E-state index is 11.9. The summed E-state index contributed by atoms with van der Waals surface area (Å²) < 4.78 is 1.73. The molecule has 3 aromatic rings. The number of nitrogens with zero attached hydrogens (tertiary/aromatic N) is 3. The average Bonchev–Trinajstić information content (AvgIpc) is 3.23. The first-order chi connectivity index (χ1) is 11.6. The molecular weight excluding hydrogens is 324 g/mol. The van der Waals surface area contributed by atoms with E-state index in [9.17, 15) is 9.59 Å². The third-order valence-electron chi connectivity index (χ3n) is 3.15. The number of rotatable bonds is 5. The fraction of sp³-hybridized carbons (Fsp3) is 0.0588. The fourth-order valence-corrected chi connectivity index (χ4v) is 2.71. The Labute approximate surface area is 142 Å². The summed E-state index contributed by atoms with van der Waals surface area (Å²) in [6.07, 6.45) is 6.58. The molecule has 120 valence electrons. The van der Waals surface area contributed by atoms with Crippen LogP contribution in [0, 0.1) is 0 Å². The molecule has 0 atom stereocenters. The number of nitrogens with one attached hydrogen (secondary N) is 1. The molecule has 0 spiro atoms. The lowest BCUT2D eigenvalue weighted by atomic mass is 10.3. The number of aromatic nitrogens is 3. The van der Waals surface area contributed by atoms with Crippen LogP contribution in [0.3, 0.4) is 0 Å². The van der Waals surface area contributed by atoms with Gasteiger partial charge in [-0.05, 0) is 18.2 Å². The van der Waals surface area contributed by atoms with Gasteiger partial charge in [0.15, 0.2) is 10.9 Å². The number of anilines is 1. The molecule has 1 amide bonds. The zero-order chi connectivity index (χ0) is 16.9. The Kier molecular flexibility index (Phi) is 4.62. The van der Waals surface area contributed by atoms with E-state index in [1.807, 2.05) is 36.5 Å². The van der Waals surface area contributed by atoms with Gasteiger partial charge in [-0.15, -0.1) is 11.3 Å². The number of ketones is 1. The van der Waals surface area contributed by atoms with E-state index in [4.69, 9.17) is 0 Å². The van der Waals surface area contributed by atoms with Crippen molar-refractivity contribution in [2.75, 3.05) is 5.32 Å². The Bertz CT molecular complexity index is 896. The second kappa shape index (κ2) is 7.01. The molecule has 0 unspecified atom stereocenters. The first-order valence-corrected chi connectivity index (χ1v) is 8.05. The van der Waals surface area contributed by atoms with Crippen molar-refractivity contribution < 1.29 is 9.59 Å². The summed E-state index contributed by atoms with van der Waals surface area (Å²) >= 11 is 1.22. The van der Waals surface area contributed by atoms with Gasteiger partial charge in [-0.25, -0.2) is 9.67 Å². The quantitative estimate of drug-likeness (QED) is 0.572. The number of para-hydroxylation sites is 1. The summed E-state index contributed by atoms with van der Waals surface area (Å²) in [5, 5.41) is 8.90. The molecule has 0 fully saturated rings. The van der Waals surface area contributed by atoms with Crippen molar-refractivity contribution in [1.82, 2.24) is 14.8 Å². The molecule has 3 rings (SSSR count). The molecule has 0 aliphatic carbocycles. The van der Waals surface area contributed by atoms with Crippen molar-refractivity contribution in [1.29, 1.82) is 0 Å². The van der Waals surface area contributed by atoms with E-state index in [1.165, 1.54) is 24.3 Å². The SMILES string of the molecule is CC(=O)c1csc(NC(=O)/C=C/c2cnn(-c3ccccc3)c2)n1. The Morgan fingerprint density at radius 1 is 1.25 bits per heavy atom. The van der Waals surface area contributed by atoms with Crippen LogP contribution in [0.1, 0.15) is 23.0 Å². The number of thiazole rings is 1. The summed E-state index contributed by atoms with van der Waals surface area (Å²) in [7, 11) is 0. The minimum absolute atomic E-state index is 0.129. The van der Waals surface area contributed by atoms with Gasteiger partial charge < -0.3 is 0 Å². The summed E-state index contributed by atoms with van der Waals surface area (Å²) in [4.78, 5) is 27.1. The number of carbonyl (C=O) groups is 2. The second-order valence-electron chi connectivity index (χ2n) is 4.97. The molecule has 6 nitrogen and oxygen atoms in total. The number of amides is 1. The van der Waals surface area contributed by atoms with Gasteiger partial charge >= 0.3 is 0 Å². The molecule has 24 heavy (non-hydrogen) atoms. The fourth-order valence-electron chi connectivity index (χ4n) is 1.96. The Morgan fingerprint density at radius 3 is 2.75 bits per heavy atom. The second-order valence-corrected chi connectivity index (χ2v) is 5.83. The van der Waals surface area contributed by atoms with Gasteiger partial charge in [-0.2, -0.15) is 5.10 Å². The highest BCUT2D eigenvalue weighted by Crippen LogP contribution is 2.16. The molecule has 0 saturated heterocycles. The van der Waals surface area contributed by atoms with E-state index < -0.39 is 0 Å². The Morgan fingerprint density at radius 2 is 2.04 bits per heavy atom. The smallest absolute Gasteiger partial charge is 0.250 e. The predicted octanol–water partition coefficient (Wildman–Crippen LogP) is 3.18. The number of carbonyl (C=O) groups excluding carboxylic acids is 2. The Hall–Kier alpha value is -3.06. The standard InChI is InChI=1S/C17H14N4O2S/c1-12(22)15-11-24-17(19-15)20-16(23)8-7-13-9-18-21(10-13)14-5-3-2-4-6-14/h2-11H,1H3,(H,19,20,23)/b8-7+. The van der Waals surface area contributed by atoms with Crippen LogP contribution in [0.25, 0.3) is 11.8 Å². The molecule has 1 aromatic carbocycles. The zero-order valence-electron chi connectivity index (χ0n) is 12.8. The molecule has 0 aliphatic heterocycles. The third-order valence-corrected chi connectivity index (χ3v) is 3.90. The molecule has 7 heteroatoms. The summed E-state index contributed by atoms with van der Waals surface area (Å²) in [6, 6.07) is 9.70. The van der Waals surface area contributed by atoms with E-state index >= 15 is 0 Å². The highest BCUT2D eigenvalue weighted by molar-refractivity contribution is 7.14. The maximum atomic E-state index is 11.9. The van der Waals surface area contributed by atoms with E-state index in [0.717, 1.165) is 11.3 Å². The minimum atomic E-state index is -0.313. The van der Waals surface area contributed by atoms with Crippen molar-refractivity contribution >= 4 is 34.2 Å². The minimum Gasteiger partial charge on any atom is -0.298 e. The molecule has 0 radical (unpaired) electrons. The summed E-state index contributed by atoms with van der Waals surface area (Å²) in [6.45, 7) is 1.44. The van der Waals surface area contributed by atoms with Gasteiger partial charge in [-0.3, -0.25) is 14.9 Å². The highest BCUT2D eigenvalue weighted by Gasteiger charge is 2.07. The number of benzene rings is 1. The number of hydrogen-bond acceptors (Lipinski definition) is 5. The van der Waals surface area contributed by atoms with Crippen LogP contribution >= 0.6 is 11.3 Å². The van der Waals surface area contributed by atoms with E-state index in [-0.39, 0.29) is 11.7 Å². The third kappa shape index (κ3) is 3.82. The van der Waals surface area contributed by atoms with Crippen molar-refractivity contribution in [3.63, 3.8) is 0 Å². The van der Waals surface area contributed by atoms with Crippen molar-refractivity contribution in [3.05, 3.63) is 65.4 Å². The summed E-state index contributed by atoms with van der Waals surface area (Å²) in [5.74, 6) is -0.442. The van der Waals surface area contributed by atoms with E-state index in [2.05, 4.69) is 15.4 Å². The van der Waals surface area contributed by atoms with Gasteiger partial charge in [0.05, 0.1) is 11.9 Å². The van der Waals surface area contributed by atoms with E-state index in [1.54, 1.807) is 22.3 Å². The molecule has 2 heterocycles. The normalized spacial score (nSPS) is 10.9. The zero-order valence-corrected chi connectivity index (χ0v) is 13.7. The number of Topliss-reactive ketones (excluding diaryl/α,β-unsaturated/α-hetero) is 1. The van der Waals surface area contributed by atoms with Crippen molar-refractivity contribution in [2.45, 2.75) is 6.92 Å². The van der Waals surface area contributed by atoms with Gasteiger partial charge in [0.2, 0.25) is 5.91 Å². The van der Waals surface area contributed by atoms with Crippen molar-refractivity contribution in [2.24, 2.45) is 0 Å². The highest BCUT2D eigenvalue weighted by atomic mass is 32.1. The van der Waals surface area contributed by atoms with Crippen LogP contribution in [-0.2, 0) is 4.79 Å². The largest absolute Gasteiger partial charge is 0.298 e. The van der Waals surface area contributed by atoms with Crippen LogP contribution in [0.2, 0.25) is 0 Å². The topological polar surface area (TPSA) is 76.9 Å². The first-order valence-electron chi connectivity index (χ1n) is 7.17. The van der Waals surface area contributed by atoms with Gasteiger partial charge in [0.1, 0.15) is 5.69 Å². The maximum Gasteiger partial charge on any atom is 0.250 e.